The predicted octanol–water partition coefficient (Wildman–Crippen LogP) is 4.27. The highest BCUT2D eigenvalue weighted by atomic mass is 79.9. The van der Waals surface area contributed by atoms with Gasteiger partial charge in [0.25, 0.3) is 5.91 Å². The molecule has 7 heteroatoms. The lowest BCUT2D eigenvalue weighted by molar-refractivity contribution is -0.147. The normalized spacial score (nSPS) is 10.3. The van der Waals surface area contributed by atoms with E-state index >= 15 is 0 Å². The van der Waals surface area contributed by atoms with Gasteiger partial charge in [-0.15, -0.1) is 0 Å². The number of para-hydroxylation sites is 1. The lowest BCUT2D eigenvalue weighted by Gasteiger charge is -2.11. The summed E-state index contributed by atoms with van der Waals surface area (Å²) in [5, 5.41) is 5.47. The van der Waals surface area contributed by atoms with E-state index in [1.807, 2.05) is 51.1 Å². The maximum atomic E-state index is 12.1. The van der Waals surface area contributed by atoms with Crippen molar-refractivity contribution in [3.63, 3.8) is 0 Å². The molecule has 0 unspecified atom stereocenters. The van der Waals surface area contributed by atoms with Crippen molar-refractivity contribution in [2.24, 2.45) is 0 Å². The second-order valence-electron chi connectivity index (χ2n) is 6.49. The summed E-state index contributed by atoms with van der Waals surface area (Å²) in [7, 11) is 0. The Balaban J connectivity index is 1.74. The van der Waals surface area contributed by atoms with Crippen LogP contribution in [0.5, 0.6) is 0 Å². The summed E-state index contributed by atoms with van der Waals surface area (Å²) in [6, 6.07) is 11.1. The molecule has 0 atom stereocenters. The standard InChI is InChI=1S/C21H23BrN2O4/c1-13-5-4-6-14(2)21(13)24-18(25)9-10-20(27)28-12-19(26)23-16-7-8-17(22)15(3)11-16/h4-8,11H,9-10,12H2,1-3H3,(H,23,26)(H,24,25). The maximum Gasteiger partial charge on any atom is 0.306 e. The molecule has 28 heavy (non-hydrogen) atoms. The third kappa shape index (κ3) is 6.49. The first-order chi connectivity index (χ1) is 13.3. The summed E-state index contributed by atoms with van der Waals surface area (Å²) >= 11 is 3.39. The molecule has 0 aliphatic carbocycles. The van der Waals surface area contributed by atoms with Gasteiger partial charge in [0.15, 0.2) is 6.61 Å². The lowest BCUT2D eigenvalue weighted by atomic mass is 10.1. The summed E-state index contributed by atoms with van der Waals surface area (Å²) < 4.78 is 5.88. The molecule has 0 radical (unpaired) electrons. The minimum atomic E-state index is -0.598. The fourth-order valence-corrected chi connectivity index (χ4v) is 2.81. The highest BCUT2D eigenvalue weighted by Crippen LogP contribution is 2.20. The number of esters is 1. The van der Waals surface area contributed by atoms with Gasteiger partial charge in [-0.2, -0.15) is 0 Å². The van der Waals surface area contributed by atoms with E-state index < -0.39 is 18.5 Å². The van der Waals surface area contributed by atoms with Gasteiger partial charge in [-0.05, 0) is 55.7 Å². The molecule has 0 aliphatic rings. The van der Waals surface area contributed by atoms with Crippen molar-refractivity contribution in [1.29, 1.82) is 0 Å². The van der Waals surface area contributed by atoms with Crippen LogP contribution in [0.2, 0.25) is 0 Å². The Bertz CT molecular complexity index is 876. The van der Waals surface area contributed by atoms with Gasteiger partial charge in [-0.1, -0.05) is 34.1 Å². The Hall–Kier alpha value is -2.67. The van der Waals surface area contributed by atoms with Crippen LogP contribution in [-0.2, 0) is 19.1 Å². The van der Waals surface area contributed by atoms with E-state index in [1.165, 1.54) is 0 Å². The number of hydrogen-bond donors (Lipinski definition) is 2. The Labute approximate surface area is 172 Å². The number of anilines is 2. The second kappa shape index (κ2) is 10.0. The van der Waals surface area contributed by atoms with Crippen LogP contribution in [0.1, 0.15) is 29.5 Å². The van der Waals surface area contributed by atoms with Crippen LogP contribution in [-0.4, -0.2) is 24.4 Å². The van der Waals surface area contributed by atoms with Gasteiger partial charge in [-0.3, -0.25) is 14.4 Å². The zero-order chi connectivity index (χ0) is 20.7. The number of rotatable bonds is 7. The van der Waals surface area contributed by atoms with Crippen LogP contribution in [0.3, 0.4) is 0 Å². The van der Waals surface area contributed by atoms with Crippen molar-refractivity contribution in [1.82, 2.24) is 0 Å². The molecule has 148 valence electrons. The summed E-state index contributed by atoms with van der Waals surface area (Å²) in [5.41, 5.74) is 4.26. The molecule has 6 nitrogen and oxygen atoms in total. The maximum absolute atomic E-state index is 12.1. The molecule has 0 aromatic heterocycles. The Morgan fingerprint density at radius 1 is 0.893 bits per heavy atom. The summed E-state index contributed by atoms with van der Waals surface area (Å²) in [5.74, 6) is -1.31. The van der Waals surface area contributed by atoms with Crippen LogP contribution < -0.4 is 10.6 Å². The molecule has 2 aromatic rings. The van der Waals surface area contributed by atoms with E-state index in [0.29, 0.717) is 5.69 Å². The topological polar surface area (TPSA) is 84.5 Å². The molecule has 2 amide bonds. The van der Waals surface area contributed by atoms with E-state index in [-0.39, 0.29) is 18.7 Å². The van der Waals surface area contributed by atoms with Gasteiger partial charge < -0.3 is 15.4 Å². The van der Waals surface area contributed by atoms with E-state index in [2.05, 4.69) is 26.6 Å². The average molecular weight is 447 g/mol. The number of carbonyl (C=O) groups is 3. The van der Waals surface area contributed by atoms with Crippen LogP contribution in [0, 0.1) is 20.8 Å². The van der Waals surface area contributed by atoms with Crippen molar-refractivity contribution in [2.75, 3.05) is 17.2 Å². The quantitative estimate of drug-likeness (QED) is 0.621. The summed E-state index contributed by atoms with van der Waals surface area (Å²) in [6.45, 7) is 5.32. The molecule has 0 fully saturated rings. The first-order valence-corrected chi connectivity index (χ1v) is 9.63. The molecule has 0 aliphatic heterocycles. The number of halogens is 1. The average Bonchev–Trinajstić information content (AvgIpc) is 2.64. The monoisotopic (exact) mass is 446 g/mol. The zero-order valence-corrected chi connectivity index (χ0v) is 17.7. The fraction of sp³-hybridized carbons (Fsp3) is 0.286. The molecule has 0 saturated heterocycles. The minimum absolute atomic E-state index is 0.0138. The molecule has 2 N–H and O–H groups in total. The third-order valence-corrected chi connectivity index (χ3v) is 5.00. The first-order valence-electron chi connectivity index (χ1n) is 8.84. The van der Waals surface area contributed by atoms with Crippen LogP contribution in [0.25, 0.3) is 0 Å². The number of aryl methyl sites for hydroxylation is 3. The number of benzene rings is 2. The van der Waals surface area contributed by atoms with E-state index in [1.54, 1.807) is 6.07 Å². The van der Waals surface area contributed by atoms with Gasteiger partial charge in [0, 0.05) is 22.3 Å². The highest BCUT2D eigenvalue weighted by molar-refractivity contribution is 9.10. The molecule has 0 spiro atoms. The number of nitrogens with one attached hydrogen (secondary N) is 2. The predicted molar refractivity (Wildman–Crippen MR) is 112 cm³/mol. The van der Waals surface area contributed by atoms with E-state index in [0.717, 1.165) is 26.9 Å². The van der Waals surface area contributed by atoms with E-state index in [9.17, 15) is 14.4 Å². The highest BCUT2D eigenvalue weighted by Gasteiger charge is 2.12. The number of ether oxygens (including phenoxy) is 1. The van der Waals surface area contributed by atoms with Gasteiger partial charge in [0.05, 0.1) is 6.42 Å². The molecule has 0 saturated carbocycles. The second-order valence-corrected chi connectivity index (χ2v) is 7.34. The van der Waals surface area contributed by atoms with Crippen molar-refractivity contribution in [2.45, 2.75) is 33.6 Å². The van der Waals surface area contributed by atoms with Crippen LogP contribution >= 0.6 is 15.9 Å². The lowest BCUT2D eigenvalue weighted by Crippen LogP contribution is -2.22. The molecular formula is C21H23BrN2O4. The SMILES string of the molecule is Cc1cc(NC(=O)COC(=O)CCC(=O)Nc2c(C)cccc2C)ccc1Br. The molecule has 0 bridgehead atoms. The number of carbonyl (C=O) groups excluding carboxylic acids is 3. The van der Waals surface area contributed by atoms with Crippen molar-refractivity contribution in [3.05, 3.63) is 57.6 Å². The van der Waals surface area contributed by atoms with Gasteiger partial charge in [0.2, 0.25) is 5.91 Å². The largest absolute Gasteiger partial charge is 0.456 e. The Kier molecular flexibility index (Phi) is 7.75. The van der Waals surface area contributed by atoms with E-state index in [4.69, 9.17) is 4.74 Å². The Morgan fingerprint density at radius 2 is 1.57 bits per heavy atom. The van der Waals surface area contributed by atoms with Gasteiger partial charge in [-0.25, -0.2) is 0 Å². The first kappa shape index (κ1) is 21.6. The van der Waals surface area contributed by atoms with Gasteiger partial charge in [0.1, 0.15) is 0 Å². The van der Waals surface area contributed by atoms with Crippen LogP contribution in [0.4, 0.5) is 11.4 Å². The minimum Gasteiger partial charge on any atom is -0.456 e. The summed E-state index contributed by atoms with van der Waals surface area (Å²) in [4.78, 5) is 35.7. The van der Waals surface area contributed by atoms with Gasteiger partial charge >= 0.3 is 5.97 Å². The van der Waals surface area contributed by atoms with Crippen molar-refractivity contribution < 1.29 is 19.1 Å². The molecule has 0 heterocycles. The molecule has 2 aromatic carbocycles. The molecule has 2 rings (SSSR count). The zero-order valence-electron chi connectivity index (χ0n) is 16.1. The van der Waals surface area contributed by atoms with Crippen molar-refractivity contribution >= 4 is 45.1 Å². The number of amides is 2. The smallest absolute Gasteiger partial charge is 0.306 e. The molecular weight excluding hydrogens is 424 g/mol. The van der Waals surface area contributed by atoms with Crippen molar-refractivity contribution in [3.8, 4) is 0 Å². The van der Waals surface area contributed by atoms with Crippen LogP contribution in [0.15, 0.2) is 40.9 Å². The summed E-state index contributed by atoms with van der Waals surface area (Å²) in [6.07, 6.45) is -0.110. The Morgan fingerprint density at radius 3 is 2.21 bits per heavy atom. The fourth-order valence-electron chi connectivity index (χ4n) is 2.57. The number of hydrogen-bond acceptors (Lipinski definition) is 4. The third-order valence-electron chi connectivity index (χ3n) is 4.11.